The molecule has 0 fully saturated rings. The van der Waals surface area contributed by atoms with E-state index in [4.69, 9.17) is 30.5 Å². The van der Waals surface area contributed by atoms with Gasteiger partial charge in [-0.25, -0.2) is 18.7 Å². The summed E-state index contributed by atoms with van der Waals surface area (Å²) in [6.45, 7) is 0.496. The molecule has 0 amide bonds. The SMILES string of the molecule is COc1cc2c(Nc3ccc(F)c(Cl)c3F)ncnc2cc1OCC1=CN2C=COC=C2CO1. The van der Waals surface area contributed by atoms with Crippen molar-refractivity contribution < 1.29 is 27.7 Å². The molecule has 8 nitrogen and oxygen atoms in total. The third kappa shape index (κ3) is 4.15. The zero-order valence-electron chi connectivity index (χ0n) is 17.7. The lowest BCUT2D eigenvalue weighted by molar-refractivity contribution is 0.146. The van der Waals surface area contributed by atoms with Crippen LogP contribution < -0.4 is 14.8 Å². The lowest BCUT2D eigenvalue weighted by atomic mass is 10.2. The van der Waals surface area contributed by atoms with Gasteiger partial charge in [-0.3, -0.25) is 0 Å². The summed E-state index contributed by atoms with van der Waals surface area (Å²) in [7, 11) is 1.50. The molecule has 3 heterocycles. The van der Waals surface area contributed by atoms with Crippen LogP contribution >= 0.6 is 11.6 Å². The molecule has 0 radical (unpaired) electrons. The highest BCUT2D eigenvalue weighted by molar-refractivity contribution is 6.31. The Balaban J connectivity index is 1.41. The average molecular weight is 487 g/mol. The number of methoxy groups -OCH3 is 1. The molecule has 0 bridgehead atoms. The standard InChI is InChI=1S/C23H17ClF2N4O4/c1-31-19-6-15-18(27-12-28-23(15)29-17-3-2-16(25)21(24)22(17)26)7-20(19)34-11-14-8-30-4-5-32-9-13(30)10-33-14/h2-9,12H,10-11H2,1H3,(H,27,28,29). The Morgan fingerprint density at radius 3 is 2.94 bits per heavy atom. The number of aromatic nitrogens is 2. The maximum absolute atomic E-state index is 14.4. The number of nitrogens with one attached hydrogen (secondary N) is 1. The van der Waals surface area contributed by atoms with Crippen LogP contribution in [-0.2, 0) is 9.47 Å². The molecule has 2 aromatic carbocycles. The first-order chi connectivity index (χ1) is 16.5. The van der Waals surface area contributed by atoms with Gasteiger partial charge < -0.3 is 29.2 Å². The lowest BCUT2D eigenvalue weighted by Gasteiger charge is -2.28. The van der Waals surface area contributed by atoms with E-state index in [1.807, 2.05) is 4.90 Å². The minimum atomic E-state index is -0.922. The molecule has 0 aliphatic carbocycles. The van der Waals surface area contributed by atoms with Crippen LogP contribution in [0, 0.1) is 11.6 Å². The van der Waals surface area contributed by atoms with Crippen molar-refractivity contribution in [2.24, 2.45) is 0 Å². The monoisotopic (exact) mass is 486 g/mol. The molecular formula is C23H17ClF2N4O4. The molecule has 2 aliphatic heterocycles. The lowest BCUT2D eigenvalue weighted by Crippen LogP contribution is -2.24. The molecule has 3 aromatic rings. The predicted octanol–water partition coefficient (Wildman–Crippen LogP) is 5.21. The van der Waals surface area contributed by atoms with Crippen LogP contribution in [0.4, 0.5) is 20.3 Å². The molecule has 1 aromatic heterocycles. The molecule has 174 valence electrons. The van der Waals surface area contributed by atoms with Gasteiger partial charge in [-0.2, -0.15) is 0 Å². The number of anilines is 2. The van der Waals surface area contributed by atoms with E-state index < -0.39 is 16.7 Å². The number of benzene rings is 2. The summed E-state index contributed by atoms with van der Waals surface area (Å²) in [5, 5.41) is 2.76. The molecule has 0 atom stereocenters. The van der Waals surface area contributed by atoms with Crippen LogP contribution in [0.5, 0.6) is 11.5 Å². The van der Waals surface area contributed by atoms with Gasteiger partial charge in [0.15, 0.2) is 23.1 Å². The van der Waals surface area contributed by atoms with Gasteiger partial charge in [0.05, 0.1) is 30.2 Å². The number of ether oxygens (including phenoxy) is 4. The van der Waals surface area contributed by atoms with Gasteiger partial charge in [0.25, 0.3) is 0 Å². The minimum Gasteiger partial charge on any atom is -0.493 e. The molecule has 0 saturated heterocycles. The largest absolute Gasteiger partial charge is 0.493 e. The van der Waals surface area contributed by atoms with Crippen molar-refractivity contribution in [3.63, 3.8) is 0 Å². The summed E-state index contributed by atoms with van der Waals surface area (Å²) in [6, 6.07) is 5.65. The number of nitrogens with zero attached hydrogens (tertiary/aromatic N) is 3. The van der Waals surface area contributed by atoms with Crippen molar-refractivity contribution in [3.8, 4) is 11.5 Å². The summed E-state index contributed by atoms with van der Waals surface area (Å²) < 4.78 is 50.2. The Kier molecular flexibility index (Phi) is 5.81. The van der Waals surface area contributed by atoms with E-state index in [1.54, 1.807) is 37.1 Å². The number of halogens is 3. The minimum absolute atomic E-state index is 0.0299. The zero-order chi connectivity index (χ0) is 23.7. The summed E-state index contributed by atoms with van der Waals surface area (Å²) in [5.74, 6) is -0.0400. The molecule has 5 rings (SSSR count). The molecule has 34 heavy (non-hydrogen) atoms. The maximum atomic E-state index is 14.4. The smallest absolute Gasteiger partial charge is 0.168 e. The van der Waals surface area contributed by atoms with Gasteiger partial charge in [-0.15, -0.1) is 0 Å². The maximum Gasteiger partial charge on any atom is 0.168 e. The number of hydrogen-bond donors (Lipinski definition) is 1. The summed E-state index contributed by atoms with van der Waals surface area (Å²) >= 11 is 5.68. The fraction of sp³-hybridized carbons (Fsp3) is 0.130. The van der Waals surface area contributed by atoms with E-state index in [2.05, 4.69) is 15.3 Å². The fourth-order valence-electron chi connectivity index (χ4n) is 3.38. The number of fused-ring (bicyclic) bond motifs is 2. The summed E-state index contributed by atoms with van der Waals surface area (Å²) in [6.07, 6.45) is 8.06. The third-order valence-corrected chi connectivity index (χ3v) is 5.45. The van der Waals surface area contributed by atoms with Crippen molar-refractivity contribution in [2.75, 3.05) is 25.6 Å². The predicted molar refractivity (Wildman–Crippen MR) is 120 cm³/mol. The second-order valence-corrected chi connectivity index (χ2v) is 7.58. The van der Waals surface area contributed by atoms with E-state index in [0.29, 0.717) is 34.8 Å². The van der Waals surface area contributed by atoms with E-state index in [1.165, 1.54) is 19.5 Å². The first-order valence-electron chi connectivity index (χ1n) is 10.0. The van der Waals surface area contributed by atoms with Crippen molar-refractivity contribution in [1.29, 1.82) is 0 Å². The highest BCUT2D eigenvalue weighted by Gasteiger charge is 2.19. The molecule has 2 aliphatic rings. The van der Waals surface area contributed by atoms with Crippen molar-refractivity contribution in [3.05, 3.63) is 83.6 Å². The molecule has 1 N–H and O–H groups in total. The first kappa shape index (κ1) is 21.8. The zero-order valence-corrected chi connectivity index (χ0v) is 18.5. The van der Waals surface area contributed by atoms with Gasteiger partial charge in [0.1, 0.15) is 48.7 Å². The van der Waals surface area contributed by atoms with Crippen molar-refractivity contribution in [2.45, 2.75) is 0 Å². The van der Waals surface area contributed by atoms with E-state index in [-0.39, 0.29) is 18.1 Å². The van der Waals surface area contributed by atoms with E-state index in [0.717, 1.165) is 11.8 Å². The molecule has 0 saturated carbocycles. The van der Waals surface area contributed by atoms with Crippen LogP contribution in [-0.4, -0.2) is 35.2 Å². The Hall–Kier alpha value is -4.05. The fourth-order valence-corrected chi connectivity index (χ4v) is 3.55. The van der Waals surface area contributed by atoms with Gasteiger partial charge in [0, 0.05) is 17.7 Å². The van der Waals surface area contributed by atoms with Crippen molar-refractivity contribution >= 4 is 34.0 Å². The average Bonchev–Trinajstić information content (AvgIpc) is 2.87. The van der Waals surface area contributed by atoms with Gasteiger partial charge in [-0.1, -0.05) is 11.6 Å². The molecule has 11 heteroatoms. The van der Waals surface area contributed by atoms with Crippen LogP contribution in [0.2, 0.25) is 5.02 Å². The highest BCUT2D eigenvalue weighted by Crippen LogP contribution is 2.36. The Bertz CT molecular complexity index is 1360. The summed E-state index contributed by atoms with van der Waals surface area (Å²) in [4.78, 5) is 10.3. The first-order valence-corrected chi connectivity index (χ1v) is 10.4. The third-order valence-electron chi connectivity index (χ3n) is 5.10. The number of rotatable bonds is 6. The quantitative estimate of drug-likeness (QED) is 0.476. The van der Waals surface area contributed by atoms with E-state index >= 15 is 0 Å². The summed E-state index contributed by atoms with van der Waals surface area (Å²) in [5.41, 5.74) is 1.35. The van der Waals surface area contributed by atoms with Crippen LogP contribution in [0.15, 0.2) is 67.0 Å². The van der Waals surface area contributed by atoms with Crippen LogP contribution in [0.25, 0.3) is 10.9 Å². The molecule has 0 unspecified atom stereocenters. The number of hydrogen-bond acceptors (Lipinski definition) is 8. The van der Waals surface area contributed by atoms with Gasteiger partial charge in [-0.05, 0) is 18.2 Å². The van der Waals surface area contributed by atoms with Gasteiger partial charge in [0.2, 0.25) is 0 Å². The second-order valence-electron chi connectivity index (χ2n) is 7.20. The van der Waals surface area contributed by atoms with Crippen LogP contribution in [0.1, 0.15) is 0 Å². The van der Waals surface area contributed by atoms with Crippen molar-refractivity contribution in [1.82, 2.24) is 14.9 Å². The topological polar surface area (TPSA) is 78.0 Å². The Morgan fingerprint density at radius 2 is 2.09 bits per heavy atom. The second kappa shape index (κ2) is 9.06. The molecular weight excluding hydrogens is 470 g/mol. The van der Waals surface area contributed by atoms with Crippen LogP contribution in [0.3, 0.4) is 0 Å². The normalized spacial score (nSPS) is 14.5. The Labute approximate surface area is 197 Å². The van der Waals surface area contributed by atoms with Gasteiger partial charge >= 0.3 is 0 Å². The highest BCUT2D eigenvalue weighted by atomic mass is 35.5. The van der Waals surface area contributed by atoms with E-state index in [9.17, 15) is 8.78 Å². The Morgan fingerprint density at radius 1 is 1.21 bits per heavy atom. The molecule has 0 spiro atoms.